The molecular formula is C29H36N6O7. The third-order valence-electron chi connectivity index (χ3n) is 6.73. The number of carbonyl (C=O) groups is 5. The highest BCUT2D eigenvalue weighted by molar-refractivity contribution is 5.95. The van der Waals surface area contributed by atoms with Crippen LogP contribution in [0.2, 0.25) is 0 Å². The molecule has 10 N–H and O–H groups in total. The number of aliphatic hydroxyl groups excluding tert-OH is 1. The lowest BCUT2D eigenvalue weighted by molar-refractivity contribution is -0.145. The van der Waals surface area contributed by atoms with Crippen LogP contribution in [0.1, 0.15) is 30.9 Å². The first-order chi connectivity index (χ1) is 20.0. The Morgan fingerprint density at radius 2 is 1.48 bits per heavy atom. The molecule has 4 amide bonds. The summed E-state index contributed by atoms with van der Waals surface area (Å²) in [6.07, 6.45) is -0.0488. The number of hydrogen-bond acceptors (Lipinski definition) is 7. The lowest BCUT2D eigenvalue weighted by Gasteiger charge is -2.25. The van der Waals surface area contributed by atoms with Crippen LogP contribution < -0.4 is 27.4 Å². The molecule has 1 heterocycles. The molecule has 13 heteroatoms. The summed E-state index contributed by atoms with van der Waals surface area (Å²) >= 11 is 0. The fraction of sp³-hybridized carbons (Fsp3) is 0.345. The van der Waals surface area contributed by atoms with Gasteiger partial charge < -0.3 is 42.6 Å². The third kappa shape index (κ3) is 8.88. The molecule has 0 saturated carbocycles. The number of fused-ring (bicyclic) bond motifs is 1. The predicted octanol–water partition coefficient (Wildman–Crippen LogP) is -0.534. The second-order valence-corrected chi connectivity index (χ2v) is 10.1. The largest absolute Gasteiger partial charge is 0.480 e. The molecule has 1 aromatic heterocycles. The molecule has 0 aliphatic heterocycles. The number of para-hydroxylation sites is 1. The Kier molecular flexibility index (Phi) is 11.2. The van der Waals surface area contributed by atoms with E-state index in [-0.39, 0.29) is 25.7 Å². The maximum Gasteiger partial charge on any atom is 0.328 e. The zero-order chi connectivity index (χ0) is 30.8. The van der Waals surface area contributed by atoms with Crippen molar-refractivity contribution in [1.29, 1.82) is 0 Å². The highest BCUT2D eigenvalue weighted by Gasteiger charge is 2.32. The van der Waals surface area contributed by atoms with Gasteiger partial charge in [-0.05, 0) is 37.0 Å². The van der Waals surface area contributed by atoms with Gasteiger partial charge in [-0.3, -0.25) is 19.2 Å². The van der Waals surface area contributed by atoms with Gasteiger partial charge in [-0.1, -0.05) is 48.5 Å². The monoisotopic (exact) mass is 580 g/mol. The summed E-state index contributed by atoms with van der Waals surface area (Å²) in [5.41, 5.74) is 13.8. The van der Waals surface area contributed by atoms with Gasteiger partial charge in [0.05, 0.1) is 12.1 Å². The fourth-order valence-electron chi connectivity index (χ4n) is 4.44. The highest BCUT2D eigenvalue weighted by atomic mass is 16.4. The molecule has 224 valence electrons. The number of benzene rings is 2. The molecule has 0 aliphatic carbocycles. The second kappa shape index (κ2) is 14.8. The van der Waals surface area contributed by atoms with Crippen molar-refractivity contribution in [1.82, 2.24) is 20.9 Å². The number of H-pyrrole nitrogens is 1. The first-order valence-electron chi connectivity index (χ1n) is 13.4. The van der Waals surface area contributed by atoms with Gasteiger partial charge in [0.2, 0.25) is 23.6 Å². The van der Waals surface area contributed by atoms with Crippen LogP contribution in [0.5, 0.6) is 0 Å². The average Bonchev–Trinajstić information content (AvgIpc) is 3.36. The van der Waals surface area contributed by atoms with Crippen LogP contribution in [0.25, 0.3) is 10.9 Å². The number of aromatic amines is 1. The summed E-state index contributed by atoms with van der Waals surface area (Å²) in [6.45, 7) is 1.18. The molecular weight excluding hydrogens is 544 g/mol. The number of primary amides is 1. The Bertz CT molecular complexity index is 1410. The van der Waals surface area contributed by atoms with Gasteiger partial charge in [-0.2, -0.15) is 0 Å². The summed E-state index contributed by atoms with van der Waals surface area (Å²) < 4.78 is 0. The molecule has 0 saturated heterocycles. The van der Waals surface area contributed by atoms with E-state index >= 15 is 0 Å². The van der Waals surface area contributed by atoms with E-state index < -0.39 is 59.9 Å². The van der Waals surface area contributed by atoms with Crippen molar-refractivity contribution in [2.24, 2.45) is 11.5 Å². The molecule has 3 rings (SSSR count). The average molecular weight is 581 g/mol. The van der Waals surface area contributed by atoms with Crippen LogP contribution in [0.3, 0.4) is 0 Å². The molecule has 2 aromatic carbocycles. The van der Waals surface area contributed by atoms with E-state index in [2.05, 4.69) is 20.9 Å². The van der Waals surface area contributed by atoms with E-state index in [0.29, 0.717) is 5.56 Å². The Labute approximate surface area is 242 Å². The van der Waals surface area contributed by atoms with Gasteiger partial charge in [-0.15, -0.1) is 0 Å². The SMILES string of the molecule is CC(O)C(NC(=O)C(CCC(N)=O)NC(=O)C(Cc1c[nH]c2ccccc12)NC(=O)C(N)Cc1ccccc1)C(=O)O. The minimum Gasteiger partial charge on any atom is -0.480 e. The number of aromatic nitrogens is 1. The van der Waals surface area contributed by atoms with Crippen LogP contribution in [0.4, 0.5) is 0 Å². The molecule has 42 heavy (non-hydrogen) atoms. The Morgan fingerprint density at radius 3 is 2.12 bits per heavy atom. The van der Waals surface area contributed by atoms with Crippen LogP contribution >= 0.6 is 0 Å². The third-order valence-corrected chi connectivity index (χ3v) is 6.73. The topological polar surface area (TPSA) is 230 Å². The smallest absolute Gasteiger partial charge is 0.328 e. The minimum absolute atomic E-state index is 0.0230. The van der Waals surface area contributed by atoms with E-state index in [4.69, 9.17) is 11.5 Å². The van der Waals surface area contributed by atoms with E-state index in [9.17, 15) is 34.2 Å². The zero-order valence-electron chi connectivity index (χ0n) is 23.1. The van der Waals surface area contributed by atoms with Crippen molar-refractivity contribution in [3.63, 3.8) is 0 Å². The number of amides is 4. The molecule has 0 bridgehead atoms. The van der Waals surface area contributed by atoms with Crippen molar-refractivity contribution in [3.05, 3.63) is 71.9 Å². The lowest BCUT2D eigenvalue weighted by Crippen LogP contribution is -2.58. The van der Waals surface area contributed by atoms with Gasteiger partial charge in [0.25, 0.3) is 0 Å². The highest BCUT2D eigenvalue weighted by Crippen LogP contribution is 2.19. The number of carbonyl (C=O) groups excluding carboxylic acids is 4. The number of nitrogens with one attached hydrogen (secondary N) is 4. The Balaban J connectivity index is 1.85. The Morgan fingerprint density at radius 1 is 0.857 bits per heavy atom. The molecule has 5 atom stereocenters. The van der Waals surface area contributed by atoms with E-state index in [1.165, 1.54) is 6.92 Å². The van der Waals surface area contributed by atoms with Crippen LogP contribution in [0, 0.1) is 0 Å². The summed E-state index contributed by atoms with van der Waals surface area (Å²) in [6, 6.07) is 11.2. The molecule has 13 nitrogen and oxygen atoms in total. The van der Waals surface area contributed by atoms with E-state index in [1.807, 2.05) is 54.6 Å². The number of rotatable bonds is 15. The van der Waals surface area contributed by atoms with Crippen LogP contribution in [-0.2, 0) is 36.8 Å². The first-order valence-corrected chi connectivity index (χ1v) is 13.4. The molecule has 0 spiro atoms. The Hall–Kier alpha value is -4.75. The molecule has 5 unspecified atom stereocenters. The predicted molar refractivity (Wildman–Crippen MR) is 154 cm³/mol. The van der Waals surface area contributed by atoms with Gasteiger partial charge in [-0.25, -0.2) is 4.79 Å². The molecule has 3 aromatic rings. The van der Waals surface area contributed by atoms with Crippen molar-refractivity contribution in [3.8, 4) is 0 Å². The van der Waals surface area contributed by atoms with Crippen LogP contribution in [0.15, 0.2) is 60.8 Å². The van der Waals surface area contributed by atoms with Crippen molar-refractivity contribution in [2.45, 2.75) is 62.9 Å². The molecule has 0 aliphatic rings. The number of nitrogens with two attached hydrogens (primary N) is 2. The standard InChI is InChI=1S/C29H36N6O7/c1-16(36)25(29(41)42)35-27(39)22(11-12-24(31)37)33-28(40)23(14-18-15-32-21-10-6-5-9-19(18)21)34-26(38)20(30)13-17-7-3-2-4-8-17/h2-10,15-16,20,22-23,25,32,36H,11-14,30H2,1H3,(H2,31,37)(H,33,40)(H,34,38)(H,35,39)(H,41,42). The van der Waals surface area contributed by atoms with Gasteiger partial charge in [0.1, 0.15) is 12.1 Å². The number of aliphatic carboxylic acids is 1. The summed E-state index contributed by atoms with van der Waals surface area (Å²) in [5.74, 6) is -4.56. The summed E-state index contributed by atoms with van der Waals surface area (Å²) in [5, 5.41) is 27.3. The van der Waals surface area contributed by atoms with Crippen molar-refractivity contribution in [2.75, 3.05) is 0 Å². The summed E-state index contributed by atoms with van der Waals surface area (Å²) in [7, 11) is 0. The maximum atomic E-state index is 13.6. The van der Waals surface area contributed by atoms with Crippen molar-refractivity contribution >= 4 is 40.5 Å². The number of carboxylic acids is 1. The normalized spacial score (nSPS) is 14.6. The first kappa shape index (κ1) is 31.8. The van der Waals surface area contributed by atoms with Gasteiger partial charge in [0, 0.05) is 29.9 Å². The van der Waals surface area contributed by atoms with Crippen LogP contribution in [-0.4, -0.2) is 75.1 Å². The molecule has 0 fully saturated rings. The lowest BCUT2D eigenvalue weighted by atomic mass is 10.0. The quantitative estimate of drug-likeness (QED) is 0.116. The van der Waals surface area contributed by atoms with Gasteiger partial charge in [0.15, 0.2) is 6.04 Å². The van der Waals surface area contributed by atoms with Crippen molar-refractivity contribution < 1.29 is 34.2 Å². The molecule has 0 radical (unpaired) electrons. The number of aliphatic hydroxyl groups is 1. The fourth-order valence-corrected chi connectivity index (χ4v) is 4.44. The maximum absolute atomic E-state index is 13.6. The van der Waals surface area contributed by atoms with Gasteiger partial charge >= 0.3 is 5.97 Å². The number of carboxylic acid groups (broad SMARTS) is 1. The summed E-state index contributed by atoms with van der Waals surface area (Å²) in [4.78, 5) is 65.8. The van der Waals surface area contributed by atoms with E-state index in [1.54, 1.807) is 6.20 Å². The second-order valence-electron chi connectivity index (χ2n) is 10.1. The van der Waals surface area contributed by atoms with E-state index in [0.717, 1.165) is 16.5 Å². The minimum atomic E-state index is -1.66. The number of hydrogen-bond donors (Lipinski definition) is 8. The zero-order valence-corrected chi connectivity index (χ0v) is 23.1.